The number of carbonyl (C=O) groups excluding carboxylic acids is 1. The number of rotatable bonds is 6. The van der Waals surface area contributed by atoms with Gasteiger partial charge in [-0.3, -0.25) is 0 Å². The molecule has 0 amide bonds. The maximum atomic E-state index is 11.7. The first-order chi connectivity index (χ1) is 9.21. The fourth-order valence-corrected chi connectivity index (χ4v) is 2.16. The van der Waals surface area contributed by atoms with Crippen LogP contribution in [0.3, 0.4) is 0 Å². The number of carbonyl (C=O) groups is 1. The Morgan fingerprint density at radius 2 is 2.32 bits per heavy atom. The lowest BCUT2D eigenvalue weighted by Crippen LogP contribution is -2.15. The molecule has 1 aliphatic rings. The average Bonchev–Trinajstić information content (AvgIpc) is 3.24. The van der Waals surface area contributed by atoms with Gasteiger partial charge in [0.15, 0.2) is 5.82 Å². The number of methoxy groups -OCH3 is 1. The third-order valence-electron chi connectivity index (χ3n) is 3.07. The van der Waals surface area contributed by atoms with Crippen molar-refractivity contribution in [1.29, 1.82) is 0 Å². The molecule has 1 saturated carbocycles. The van der Waals surface area contributed by atoms with Gasteiger partial charge in [0.05, 0.1) is 18.2 Å². The van der Waals surface area contributed by atoms with Gasteiger partial charge in [0.2, 0.25) is 0 Å². The van der Waals surface area contributed by atoms with Crippen molar-refractivity contribution < 1.29 is 14.3 Å². The number of aromatic nitrogens is 2. The monoisotopic (exact) mass is 284 g/mol. The van der Waals surface area contributed by atoms with Crippen molar-refractivity contribution in [2.75, 3.05) is 13.7 Å². The van der Waals surface area contributed by atoms with Crippen LogP contribution < -0.4 is 0 Å². The number of ether oxygens (including phenoxy) is 2. The minimum atomic E-state index is -0.440. The van der Waals surface area contributed by atoms with E-state index >= 15 is 0 Å². The average molecular weight is 285 g/mol. The predicted octanol–water partition coefficient (Wildman–Crippen LogP) is 2.49. The van der Waals surface area contributed by atoms with Crippen LogP contribution in [-0.2, 0) is 15.4 Å². The van der Waals surface area contributed by atoms with Crippen molar-refractivity contribution >= 4 is 17.6 Å². The summed E-state index contributed by atoms with van der Waals surface area (Å²) in [7, 11) is 1.64. The van der Waals surface area contributed by atoms with Crippen LogP contribution >= 0.6 is 11.6 Å². The predicted molar refractivity (Wildman–Crippen MR) is 70.0 cm³/mol. The molecule has 1 fully saturated rings. The number of esters is 1. The summed E-state index contributed by atoms with van der Waals surface area (Å²) in [5.41, 5.74) is 0.819. The second kappa shape index (κ2) is 6.30. The van der Waals surface area contributed by atoms with E-state index in [0.29, 0.717) is 29.6 Å². The molecule has 0 spiro atoms. The Balaban J connectivity index is 2.26. The fourth-order valence-electron chi connectivity index (χ4n) is 1.96. The van der Waals surface area contributed by atoms with Crippen LogP contribution in [0, 0.1) is 5.92 Å². The molecule has 1 atom stereocenters. The molecule has 1 aromatic rings. The molecule has 0 radical (unpaired) electrons. The van der Waals surface area contributed by atoms with Crippen molar-refractivity contribution in [3.05, 3.63) is 23.3 Å². The van der Waals surface area contributed by atoms with Crippen LogP contribution in [0.4, 0.5) is 0 Å². The van der Waals surface area contributed by atoms with Gasteiger partial charge in [0, 0.05) is 13.3 Å². The molecule has 0 bridgehead atoms. The van der Waals surface area contributed by atoms with Gasteiger partial charge < -0.3 is 9.47 Å². The Morgan fingerprint density at radius 1 is 1.58 bits per heavy atom. The first-order valence-electron chi connectivity index (χ1n) is 6.32. The molecule has 1 aliphatic carbocycles. The van der Waals surface area contributed by atoms with Crippen molar-refractivity contribution in [3.8, 4) is 0 Å². The molecule has 6 heteroatoms. The van der Waals surface area contributed by atoms with E-state index in [1.807, 2.05) is 0 Å². The number of nitrogens with zero attached hydrogens (tertiary/aromatic N) is 2. The fraction of sp³-hybridized carbons (Fsp3) is 0.615. The van der Waals surface area contributed by atoms with Gasteiger partial charge in [0.1, 0.15) is 11.7 Å². The number of halogens is 1. The summed E-state index contributed by atoms with van der Waals surface area (Å²) in [6.07, 6.45) is 3.61. The van der Waals surface area contributed by atoms with Gasteiger partial charge in [-0.15, -0.1) is 11.6 Å². The summed E-state index contributed by atoms with van der Waals surface area (Å²) in [6, 6.07) is 0. The highest BCUT2D eigenvalue weighted by atomic mass is 35.5. The van der Waals surface area contributed by atoms with Gasteiger partial charge in [-0.25, -0.2) is 14.8 Å². The lowest BCUT2D eigenvalue weighted by Gasteiger charge is -2.14. The quantitative estimate of drug-likeness (QED) is 0.593. The lowest BCUT2D eigenvalue weighted by molar-refractivity contribution is 0.0522. The molecule has 1 unspecified atom stereocenters. The zero-order valence-corrected chi connectivity index (χ0v) is 11.8. The molecule has 104 valence electrons. The Morgan fingerprint density at radius 3 is 2.84 bits per heavy atom. The standard InChI is InChI=1S/C13H17ClN2O3/c1-3-19-13(17)9-7-15-12(16-10(9)6-14)11(18-2)8-4-5-8/h7-8,11H,3-6H2,1-2H3. The summed E-state index contributed by atoms with van der Waals surface area (Å²) in [6.45, 7) is 2.06. The highest BCUT2D eigenvalue weighted by Gasteiger charge is 2.34. The molecule has 2 rings (SSSR count). The summed E-state index contributed by atoms with van der Waals surface area (Å²) in [4.78, 5) is 20.3. The smallest absolute Gasteiger partial charge is 0.341 e. The van der Waals surface area contributed by atoms with E-state index < -0.39 is 5.97 Å². The molecular weight excluding hydrogens is 268 g/mol. The van der Waals surface area contributed by atoms with Crippen molar-refractivity contribution in [1.82, 2.24) is 9.97 Å². The first kappa shape index (κ1) is 14.2. The van der Waals surface area contributed by atoms with Gasteiger partial charge in [-0.2, -0.15) is 0 Å². The van der Waals surface area contributed by atoms with Crippen LogP contribution in [0.2, 0.25) is 0 Å². The van der Waals surface area contributed by atoms with Crippen molar-refractivity contribution in [3.63, 3.8) is 0 Å². The zero-order valence-electron chi connectivity index (χ0n) is 11.1. The number of alkyl halides is 1. The third-order valence-corrected chi connectivity index (χ3v) is 3.32. The summed E-state index contributed by atoms with van der Waals surface area (Å²) >= 11 is 5.85. The molecule has 1 aromatic heterocycles. The van der Waals surface area contributed by atoms with Gasteiger partial charge >= 0.3 is 5.97 Å². The van der Waals surface area contributed by atoms with E-state index in [-0.39, 0.29) is 12.0 Å². The number of hydrogen-bond acceptors (Lipinski definition) is 5. The molecule has 0 saturated heterocycles. The topological polar surface area (TPSA) is 61.3 Å². The lowest BCUT2D eigenvalue weighted by atomic mass is 10.2. The first-order valence-corrected chi connectivity index (χ1v) is 6.86. The second-order valence-corrected chi connectivity index (χ2v) is 4.70. The summed E-state index contributed by atoms with van der Waals surface area (Å²) < 4.78 is 10.4. The van der Waals surface area contributed by atoms with Crippen LogP contribution in [0.1, 0.15) is 47.7 Å². The van der Waals surface area contributed by atoms with Crippen molar-refractivity contribution in [2.45, 2.75) is 31.7 Å². The summed E-state index contributed by atoms with van der Waals surface area (Å²) in [5.74, 6) is 0.769. The highest BCUT2D eigenvalue weighted by molar-refractivity contribution is 6.17. The van der Waals surface area contributed by atoms with Crippen LogP contribution in [0.15, 0.2) is 6.20 Å². The Hall–Kier alpha value is -1.20. The van der Waals surface area contributed by atoms with Gasteiger partial charge in [-0.1, -0.05) is 0 Å². The van der Waals surface area contributed by atoms with Crippen molar-refractivity contribution in [2.24, 2.45) is 5.92 Å². The molecule has 0 aliphatic heterocycles. The van der Waals surface area contributed by atoms with E-state index in [4.69, 9.17) is 21.1 Å². The largest absolute Gasteiger partial charge is 0.462 e. The second-order valence-electron chi connectivity index (χ2n) is 4.44. The summed E-state index contributed by atoms with van der Waals surface area (Å²) in [5, 5.41) is 0. The molecule has 1 heterocycles. The van der Waals surface area contributed by atoms with Crippen LogP contribution in [-0.4, -0.2) is 29.7 Å². The van der Waals surface area contributed by atoms with E-state index in [1.165, 1.54) is 6.20 Å². The van der Waals surface area contributed by atoms with E-state index in [0.717, 1.165) is 12.8 Å². The van der Waals surface area contributed by atoms with Crippen LogP contribution in [0.25, 0.3) is 0 Å². The zero-order chi connectivity index (χ0) is 13.8. The Labute approximate surface area is 117 Å². The molecule has 19 heavy (non-hydrogen) atoms. The third kappa shape index (κ3) is 3.22. The van der Waals surface area contributed by atoms with E-state index in [1.54, 1.807) is 14.0 Å². The SMILES string of the molecule is CCOC(=O)c1cnc(C(OC)C2CC2)nc1CCl. The normalized spacial score (nSPS) is 16.2. The maximum Gasteiger partial charge on any atom is 0.341 e. The number of hydrogen-bond donors (Lipinski definition) is 0. The van der Waals surface area contributed by atoms with E-state index in [2.05, 4.69) is 9.97 Å². The maximum absolute atomic E-state index is 11.7. The minimum absolute atomic E-state index is 0.113. The minimum Gasteiger partial charge on any atom is -0.462 e. The molecule has 0 aromatic carbocycles. The molecule has 5 nitrogen and oxygen atoms in total. The molecule has 0 N–H and O–H groups in total. The van der Waals surface area contributed by atoms with Crippen LogP contribution in [0.5, 0.6) is 0 Å². The Kier molecular flexibility index (Phi) is 4.71. The van der Waals surface area contributed by atoms with Gasteiger partial charge in [0.25, 0.3) is 0 Å². The van der Waals surface area contributed by atoms with E-state index in [9.17, 15) is 4.79 Å². The van der Waals surface area contributed by atoms with Gasteiger partial charge in [-0.05, 0) is 25.7 Å². The molecular formula is C13H17ClN2O3. The Bertz CT molecular complexity index is 463. The highest BCUT2D eigenvalue weighted by Crippen LogP contribution is 2.41.